The van der Waals surface area contributed by atoms with Crippen LogP contribution in [0.3, 0.4) is 0 Å². The molecular weight excluding hydrogens is 472 g/mol. The summed E-state index contributed by atoms with van der Waals surface area (Å²) in [6, 6.07) is 6.64. The Balaban J connectivity index is 1.79. The first-order chi connectivity index (χ1) is 15.8. The van der Waals surface area contributed by atoms with E-state index in [9.17, 15) is 19.1 Å². The van der Waals surface area contributed by atoms with Crippen LogP contribution < -0.4 is 10.1 Å². The number of halogens is 3. The highest BCUT2D eigenvalue weighted by Crippen LogP contribution is 2.40. The summed E-state index contributed by atoms with van der Waals surface area (Å²) < 4.78 is 19.2. The van der Waals surface area contributed by atoms with Crippen molar-refractivity contribution in [3.05, 3.63) is 58.8 Å². The highest BCUT2D eigenvalue weighted by atomic mass is 35.5. The third-order valence-electron chi connectivity index (χ3n) is 5.44. The third kappa shape index (κ3) is 5.58. The number of aliphatic hydroxyl groups excluding tert-OH is 1. The monoisotopic (exact) mass is 495 g/mol. The Bertz CT molecular complexity index is 1070. The molecule has 7 nitrogen and oxygen atoms in total. The van der Waals surface area contributed by atoms with E-state index in [1.807, 2.05) is 0 Å². The topological polar surface area (TPSA) is 82.1 Å². The van der Waals surface area contributed by atoms with Crippen LogP contribution in [-0.4, -0.2) is 72.7 Å². The van der Waals surface area contributed by atoms with E-state index in [1.165, 1.54) is 36.3 Å². The fourth-order valence-electron chi connectivity index (χ4n) is 3.71. The Morgan fingerprint density at radius 1 is 1.24 bits per heavy atom. The number of carbonyl (C=O) groups is 2. The van der Waals surface area contributed by atoms with Gasteiger partial charge in [0.05, 0.1) is 37.0 Å². The minimum atomic E-state index is -0.522. The summed E-state index contributed by atoms with van der Waals surface area (Å²) in [5.74, 6) is -0.575. The van der Waals surface area contributed by atoms with Crippen molar-refractivity contribution in [2.75, 3.05) is 45.2 Å². The summed E-state index contributed by atoms with van der Waals surface area (Å²) in [7, 11) is 1.46. The second kappa shape index (κ2) is 10.9. The minimum Gasteiger partial charge on any atom is -0.495 e. The van der Waals surface area contributed by atoms with Crippen LogP contribution in [0.5, 0.6) is 5.75 Å². The number of benzene rings is 2. The number of methoxy groups -OCH3 is 1. The van der Waals surface area contributed by atoms with E-state index in [0.717, 1.165) is 0 Å². The molecule has 2 amide bonds. The Hall–Kier alpha value is -2.81. The van der Waals surface area contributed by atoms with E-state index in [1.54, 1.807) is 17.0 Å². The number of piperazine rings is 1. The van der Waals surface area contributed by atoms with Crippen LogP contribution in [0.4, 0.5) is 10.1 Å². The molecule has 2 aromatic carbocycles. The number of anilines is 1. The quantitative estimate of drug-likeness (QED) is 0.575. The van der Waals surface area contributed by atoms with Crippen molar-refractivity contribution >= 4 is 40.7 Å². The average molecular weight is 496 g/mol. The predicted molar refractivity (Wildman–Crippen MR) is 126 cm³/mol. The minimum absolute atomic E-state index is 0.0970. The predicted octanol–water partition coefficient (Wildman–Crippen LogP) is 3.44. The lowest BCUT2D eigenvalue weighted by Crippen LogP contribution is -2.58. The molecule has 1 unspecified atom stereocenters. The fraction of sp³-hybridized carbons (Fsp3) is 0.304. The first-order valence-corrected chi connectivity index (χ1v) is 10.9. The van der Waals surface area contributed by atoms with Crippen LogP contribution in [0.2, 0.25) is 10.0 Å². The van der Waals surface area contributed by atoms with Crippen LogP contribution in [0, 0.1) is 5.82 Å². The van der Waals surface area contributed by atoms with E-state index < -0.39 is 11.9 Å². The second-order valence-corrected chi connectivity index (χ2v) is 8.24. The molecule has 176 valence electrons. The Kier molecular flexibility index (Phi) is 8.18. The molecule has 33 heavy (non-hydrogen) atoms. The van der Waals surface area contributed by atoms with Gasteiger partial charge in [-0.1, -0.05) is 29.8 Å². The Labute approximate surface area is 201 Å². The Morgan fingerprint density at radius 3 is 2.64 bits per heavy atom. The molecule has 2 N–H and O–H groups in total. The maximum atomic E-state index is 13.8. The number of ether oxygens (including phenoxy) is 1. The fourth-order valence-corrected chi connectivity index (χ4v) is 4.19. The van der Waals surface area contributed by atoms with Gasteiger partial charge in [0, 0.05) is 41.9 Å². The van der Waals surface area contributed by atoms with Gasteiger partial charge in [-0.05, 0) is 30.3 Å². The van der Waals surface area contributed by atoms with Gasteiger partial charge in [0.15, 0.2) is 0 Å². The van der Waals surface area contributed by atoms with Crippen molar-refractivity contribution in [1.82, 2.24) is 9.80 Å². The van der Waals surface area contributed by atoms with Crippen molar-refractivity contribution in [1.29, 1.82) is 0 Å². The number of nitrogens with zero attached hydrogens (tertiary/aromatic N) is 2. The zero-order valence-corrected chi connectivity index (χ0v) is 19.5. The summed E-state index contributed by atoms with van der Waals surface area (Å²) >= 11 is 12.6. The summed E-state index contributed by atoms with van der Waals surface area (Å²) in [6.07, 6.45) is 1.21. The van der Waals surface area contributed by atoms with Crippen molar-refractivity contribution in [3.8, 4) is 16.9 Å². The molecule has 1 heterocycles. The van der Waals surface area contributed by atoms with E-state index >= 15 is 0 Å². The normalized spacial score (nSPS) is 15.8. The summed E-state index contributed by atoms with van der Waals surface area (Å²) in [6.45, 7) is 3.95. The molecule has 0 saturated carbocycles. The van der Waals surface area contributed by atoms with E-state index in [0.29, 0.717) is 39.2 Å². The van der Waals surface area contributed by atoms with Crippen LogP contribution >= 0.6 is 23.2 Å². The molecule has 3 rings (SSSR count). The lowest BCUT2D eigenvalue weighted by molar-refractivity contribution is -0.140. The number of aliphatic hydroxyl groups is 1. The molecule has 10 heteroatoms. The second-order valence-electron chi connectivity index (χ2n) is 7.42. The summed E-state index contributed by atoms with van der Waals surface area (Å²) in [5, 5.41) is 13.4. The van der Waals surface area contributed by atoms with Crippen LogP contribution in [0.25, 0.3) is 11.1 Å². The molecule has 0 aromatic heterocycles. The molecule has 1 aliphatic heterocycles. The van der Waals surface area contributed by atoms with Gasteiger partial charge in [0.1, 0.15) is 11.6 Å². The lowest BCUT2D eigenvalue weighted by Gasteiger charge is -2.40. The third-order valence-corrected chi connectivity index (χ3v) is 6.08. The molecule has 1 aliphatic rings. The van der Waals surface area contributed by atoms with E-state index in [2.05, 4.69) is 11.9 Å². The summed E-state index contributed by atoms with van der Waals surface area (Å²) in [4.78, 5) is 27.8. The van der Waals surface area contributed by atoms with Gasteiger partial charge in [-0.15, -0.1) is 0 Å². The van der Waals surface area contributed by atoms with E-state index in [-0.39, 0.29) is 38.1 Å². The number of nitrogens with one attached hydrogen (secondary N) is 1. The molecular formula is C23H24Cl2FN3O4. The molecule has 1 fully saturated rings. The van der Waals surface area contributed by atoms with Gasteiger partial charge in [-0.3, -0.25) is 9.59 Å². The van der Waals surface area contributed by atoms with Gasteiger partial charge in [0.25, 0.3) is 0 Å². The molecule has 1 saturated heterocycles. The standard InChI is InChI=1S/C23H24Cl2FN3O4/c1-3-22(31)28-6-7-29(15(12-28)13-30)23(32)11-27-20-9-17(19(25)10-21(20)33-2)16-8-14(26)4-5-18(16)24/h3-5,8-10,15,27,30H,1,6-7,11-13H2,2H3. The van der Waals surface area contributed by atoms with Crippen LogP contribution in [0.1, 0.15) is 0 Å². The van der Waals surface area contributed by atoms with Gasteiger partial charge >= 0.3 is 0 Å². The molecule has 1 atom stereocenters. The molecule has 0 spiro atoms. The van der Waals surface area contributed by atoms with Gasteiger partial charge < -0.3 is 25.0 Å². The van der Waals surface area contributed by atoms with Crippen LogP contribution in [0.15, 0.2) is 43.0 Å². The molecule has 0 radical (unpaired) electrons. The zero-order valence-electron chi connectivity index (χ0n) is 18.0. The SMILES string of the molecule is C=CC(=O)N1CCN(C(=O)CNc2cc(-c3cc(F)ccc3Cl)c(Cl)cc2OC)C(CO)C1. The van der Waals surface area contributed by atoms with Crippen molar-refractivity contribution in [2.45, 2.75) is 6.04 Å². The van der Waals surface area contributed by atoms with E-state index in [4.69, 9.17) is 27.9 Å². The number of rotatable bonds is 7. The number of hydrogen-bond acceptors (Lipinski definition) is 5. The molecule has 0 bridgehead atoms. The number of hydrogen-bond donors (Lipinski definition) is 2. The highest BCUT2D eigenvalue weighted by molar-refractivity contribution is 6.36. The number of carbonyl (C=O) groups excluding carboxylic acids is 2. The van der Waals surface area contributed by atoms with Crippen molar-refractivity contribution in [2.24, 2.45) is 0 Å². The largest absolute Gasteiger partial charge is 0.495 e. The maximum absolute atomic E-state index is 13.8. The number of amides is 2. The zero-order chi connectivity index (χ0) is 24.1. The Morgan fingerprint density at radius 2 is 1.97 bits per heavy atom. The first kappa shape index (κ1) is 24.8. The first-order valence-electron chi connectivity index (χ1n) is 10.2. The smallest absolute Gasteiger partial charge is 0.246 e. The summed E-state index contributed by atoms with van der Waals surface area (Å²) in [5.41, 5.74) is 1.34. The lowest BCUT2D eigenvalue weighted by atomic mass is 10.0. The average Bonchev–Trinajstić information content (AvgIpc) is 2.83. The van der Waals surface area contributed by atoms with Gasteiger partial charge in [0.2, 0.25) is 11.8 Å². The molecule has 2 aromatic rings. The molecule has 0 aliphatic carbocycles. The highest BCUT2D eigenvalue weighted by Gasteiger charge is 2.31. The van der Waals surface area contributed by atoms with Crippen molar-refractivity contribution < 1.29 is 23.8 Å². The van der Waals surface area contributed by atoms with Crippen molar-refractivity contribution in [3.63, 3.8) is 0 Å². The van der Waals surface area contributed by atoms with Gasteiger partial charge in [-0.25, -0.2) is 4.39 Å². The maximum Gasteiger partial charge on any atom is 0.246 e. The van der Waals surface area contributed by atoms with Gasteiger partial charge in [-0.2, -0.15) is 0 Å². The van der Waals surface area contributed by atoms with Crippen LogP contribution in [-0.2, 0) is 9.59 Å².